The van der Waals surface area contributed by atoms with Gasteiger partial charge in [-0.15, -0.1) is 0 Å². The SMILES string of the molecule is COc1ccc(N)c(OCc2ccc(C#N)cc2F)c1. The fourth-order valence-corrected chi connectivity index (χ4v) is 1.66. The maximum atomic E-state index is 13.7. The number of nitrogens with two attached hydrogens (primary N) is 1. The van der Waals surface area contributed by atoms with Crippen LogP contribution in [-0.4, -0.2) is 7.11 Å². The summed E-state index contributed by atoms with van der Waals surface area (Å²) in [6.07, 6.45) is 0. The Kier molecular flexibility index (Phi) is 4.06. The number of nitrogens with zero attached hydrogens (tertiary/aromatic N) is 1. The number of hydrogen-bond donors (Lipinski definition) is 1. The van der Waals surface area contributed by atoms with Gasteiger partial charge in [-0.3, -0.25) is 0 Å². The third-order valence-electron chi connectivity index (χ3n) is 2.79. The summed E-state index contributed by atoms with van der Waals surface area (Å²) in [6, 6.07) is 11.1. The highest BCUT2D eigenvalue weighted by molar-refractivity contribution is 5.55. The molecule has 20 heavy (non-hydrogen) atoms. The number of halogens is 1. The molecule has 2 N–H and O–H groups in total. The van der Waals surface area contributed by atoms with Crippen molar-refractivity contribution in [3.63, 3.8) is 0 Å². The van der Waals surface area contributed by atoms with Crippen LogP contribution < -0.4 is 15.2 Å². The topological polar surface area (TPSA) is 68.3 Å². The number of rotatable bonds is 4. The molecule has 0 aliphatic heterocycles. The van der Waals surface area contributed by atoms with E-state index in [2.05, 4.69) is 0 Å². The molecule has 0 fully saturated rings. The molecule has 4 nitrogen and oxygen atoms in total. The van der Waals surface area contributed by atoms with Crippen LogP contribution in [0.3, 0.4) is 0 Å². The molecule has 5 heteroatoms. The lowest BCUT2D eigenvalue weighted by atomic mass is 10.1. The summed E-state index contributed by atoms with van der Waals surface area (Å²) in [6.45, 7) is 0.0227. The minimum absolute atomic E-state index is 0.0227. The third-order valence-corrected chi connectivity index (χ3v) is 2.79. The van der Waals surface area contributed by atoms with Crippen LogP contribution in [-0.2, 0) is 6.61 Å². The molecule has 0 radical (unpaired) electrons. The normalized spacial score (nSPS) is 9.85. The van der Waals surface area contributed by atoms with E-state index >= 15 is 0 Å². The van der Waals surface area contributed by atoms with Crippen molar-refractivity contribution in [2.75, 3.05) is 12.8 Å². The lowest BCUT2D eigenvalue weighted by Gasteiger charge is -2.11. The first-order chi connectivity index (χ1) is 9.63. The smallest absolute Gasteiger partial charge is 0.146 e. The molecule has 0 spiro atoms. The fourth-order valence-electron chi connectivity index (χ4n) is 1.66. The van der Waals surface area contributed by atoms with Crippen LogP contribution in [0.25, 0.3) is 0 Å². The zero-order chi connectivity index (χ0) is 14.5. The van der Waals surface area contributed by atoms with Gasteiger partial charge in [0.15, 0.2) is 0 Å². The van der Waals surface area contributed by atoms with E-state index in [1.165, 1.54) is 25.3 Å². The van der Waals surface area contributed by atoms with Gasteiger partial charge in [0.25, 0.3) is 0 Å². The summed E-state index contributed by atoms with van der Waals surface area (Å²) in [7, 11) is 1.54. The number of ether oxygens (including phenoxy) is 2. The van der Waals surface area contributed by atoms with Crippen molar-refractivity contribution >= 4 is 5.69 Å². The van der Waals surface area contributed by atoms with Crippen molar-refractivity contribution in [2.24, 2.45) is 0 Å². The molecule has 0 bridgehead atoms. The van der Waals surface area contributed by atoms with Crippen LogP contribution in [0.2, 0.25) is 0 Å². The third kappa shape index (κ3) is 2.98. The summed E-state index contributed by atoms with van der Waals surface area (Å²) in [5, 5.41) is 8.68. The lowest BCUT2D eigenvalue weighted by molar-refractivity contribution is 0.299. The number of hydrogen-bond acceptors (Lipinski definition) is 4. The maximum absolute atomic E-state index is 13.7. The predicted octanol–water partition coefficient (Wildman–Crippen LogP) is 2.87. The Hall–Kier alpha value is -2.74. The van der Waals surface area contributed by atoms with Crippen LogP contribution >= 0.6 is 0 Å². The van der Waals surface area contributed by atoms with E-state index in [1.54, 1.807) is 18.2 Å². The van der Waals surface area contributed by atoms with E-state index in [9.17, 15) is 4.39 Å². The molecule has 0 aromatic heterocycles. The Morgan fingerprint density at radius 2 is 2.05 bits per heavy atom. The van der Waals surface area contributed by atoms with Gasteiger partial charge in [-0.25, -0.2) is 4.39 Å². The van der Waals surface area contributed by atoms with Crippen LogP contribution in [0.15, 0.2) is 36.4 Å². The molecule has 2 aromatic rings. The van der Waals surface area contributed by atoms with Gasteiger partial charge in [-0.1, -0.05) is 6.07 Å². The maximum Gasteiger partial charge on any atom is 0.146 e. The van der Waals surface area contributed by atoms with Gasteiger partial charge >= 0.3 is 0 Å². The van der Waals surface area contributed by atoms with E-state index < -0.39 is 5.82 Å². The van der Waals surface area contributed by atoms with Gasteiger partial charge in [0.05, 0.1) is 24.4 Å². The molecular formula is C15H13FN2O2. The number of benzene rings is 2. The standard InChI is InChI=1S/C15H13FN2O2/c1-19-12-4-5-14(18)15(7-12)20-9-11-3-2-10(8-17)6-13(11)16/h2-7H,9,18H2,1H3. The van der Waals surface area contributed by atoms with Gasteiger partial charge in [-0.2, -0.15) is 5.26 Å². The monoisotopic (exact) mass is 272 g/mol. The molecule has 0 amide bonds. The molecule has 0 saturated heterocycles. The van der Waals surface area contributed by atoms with E-state index in [4.69, 9.17) is 20.5 Å². The van der Waals surface area contributed by atoms with E-state index in [0.29, 0.717) is 22.7 Å². The minimum Gasteiger partial charge on any atom is -0.497 e. The molecular weight excluding hydrogens is 259 g/mol. The highest BCUT2D eigenvalue weighted by Crippen LogP contribution is 2.27. The predicted molar refractivity (Wildman–Crippen MR) is 72.9 cm³/mol. The Morgan fingerprint density at radius 3 is 2.70 bits per heavy atom. The number of methoxy groups -OCH3 is 1. The summed E-state index contributed by atoms with van der Waals surface area (Å²) in [4.78, 5) is 0. The first-order valence-corrected chi connectivity index (χ1v) is 5.89. The van der Waals surface area contributed by atoms with Gasteiger partial charge in [0.2, 0.25) is 0 Å². The first kappa shape index (κ1) is 13.7. The summed E-state index contributed by atoms with van der Waals surface area (Å²) in [5.74, 6) is 0.549. The second-order valence-corrected chi connectivity index (χ2v) is 4.11. The van der Waals surface area contributed by atoms with Crippen molar-refractivity contribution in [1.82, 2.24) is 0 Å². The van der Waals surface area contributed by atoms with Gasteiger partial charge < -0.3 is 15.2 Å². The zero-order valence-electron chi connectivity index (χ0n) is 10.9. The number of nitrogen functional groups attached to an aromatic ring is 1. The fraction of sp³-hybridized carbons (Fsp3) is 0.133. The molecule has 102 valence electrons. The molecule has 0 aliphatic rings. The zero-order valence-corrected chi connectivity index (χ0v) is 10.9. The Labute approximate surface area is 116 Å². The molecule has 2 aromatic carbocycles. The Balaban J connectivity index is 2.15. The highest BCUT2D eigenvalue weighted by atomic mass is 19.1. The van der Waals surface area contributed by atoms with Gasteiger partial charge in [-0.05, 0) is 24.3 Å². The quantitative estimate of drug-likeness (QED) is 0.869. The molecule has 0 saturated carbocycles. The van der Waals surface area contributed by atoms with Gasteiger partial charge in [0.1, 0.15) is 23.9 Å². The molecule has 0 aliphatic carbocycles. The average molecular weight is 272 g/mol. The second-order valence-electron chi connectivity index (χ2n) is 4.11. The average Bonchev–Trinajstić information content (AvgIpc) is 2.47. The van der Waals surface area contributed by atoms with Crippen molar-refractivity contribution < 1.29 is 13.9 Å². The Bertz CT molecular complexity index is 665. The molecule has 0 unspecified atom stereocenters. The number of anilines is 1. The van der Waals surface area contributed by atoms with Crippen molar-refractivity contribution in [3.05, 3.63) is 53.3 Å². The minimum atomic E-state index is -0.481. The van der Waals surface area contributed by atoms with E-state index in [-0.39, 0.29) is 12.2 Å². The largest absolute Gasteiger partial charge is 0.497 e. The molecule has 2 rings (SSSR count). The van der Waals surface area contributed by atoms with Crippen LogP contribution in [0.5, 0.6) is 11.5 Å². The second kappa shape index (κ2) is 5.93. The molecule has 0 heterocycles. The van der Waals surface area contributed by atoms with Crippen LogP contribution in [0, 0.1) is 17.1 Å². The van der Waals surface area contributed by atoms with Crippen molar-refractivity contribution in [1.29, 1.82) is 5.26 Å². The van der Waals surface area contributed by atoms with Crippen molar-refractivity contribution in [3.8, 4) is 17.6 Å². The highest BCUT2D eigenvalue weighted by Gasteiger charge is 2.07. The summed E-state index contributed by atoms with van der Waals surface area (Å²) in [5.41, 5.74) is 6.84. The van der Waals surface area contributed by atoms with E-state index in [0.717, 1.165) is 0 Å². The summed E-state index contributed by atoms with van der Waals surface area (Å²) < 4.78 is 24.3. The van der Waals surface area contributed by atoms with Crippen LogP contribution in [0.4, 0.5) is 10.1 Å². The van der Waals surface area contributed by atoms with Crippen molar-refractivity contribution in [2.45, 2.75) is 6.61 Å². The lowest BCUT2D eigenvalue weighted by Crippen LogP contribution is -2.01. The molecule has 0 atom stereocenters. The van der Waals surface area contributed by atoms with Gasteiger partial charge in [0, 0.05) is 11.6 Å². The summed E-state index contributed by atoms with van der Waals surface area (Å²) >= 11 is 0. The number of nitriles is 1. The van der Waals surface area contributed by atoms with Crippen LogP contribution in [0.1, 0.15) is 11.1 Å². The Morgan fingerprint density at radius 1 is 1.25 bits per heavy atom. The first-order valence-electron chi connectivity index (χ1n) is 5.89. The van der Waals surface area contributed by atoms with E-state index in [1.807, 2.05) is 6.07 Å².